The number of fused-ring (bicyclic) bond motifs is 1. The Hall–Kier alpha value is -0.0400. The van der Waals surface area contributed by atoms with Crippen molar-refractivity contribution in [2.75, 3.05) is 0 Å². The van der Waals surface area contributed by atoms with Crippen LogP contribution in [0.15, 0.2) is 0 Å². The molecule has 0 aromatic heterocycles. The minimum atomic E-state index is 0.669. The van der Waals surface area contributed by atoms with Crippen LogP contribution in [-0.2, 0) is 4.74 Å². The fourth-order valence-electron chi connectivity index (χ4n) is 3.20. The van der Waals surface area contributed by atoms with Crippen molar-refractivity contribution in [1.82, 2.24) is 0 Å². The molecule has 0 spiro atoms. The van der Waals surface area contributed by atoms with Crippen molar-refractivity contribution in [3.05, 3.63) is 0 Å². The van der Waals surface area contributed by atoms with Gasteiger partial charge in [-0.15, -0.1) is 0 Å². The first-order valence-corrected chi connectivity index (χ1v) is 4.59. The summed E-state index contributed by atoms with van der Waals surface area (Å²) in [5.74, 6) is 2.04. The summed E-state index contributed by atoms with van der Waals surface area (Å²) in [6, 6.07) is 0. The molecule has 4 atom stereocenters. The summed E-state index contributed by atoms with van der Waals surface area (Å²) < 4.78 is 5.88. The quantitative estimate of drug-likeness (QED) is 0.497. The summed E-state index contributed by atoms with van der Waals surface area (Å²) in [7, 11) is 0. The monoisotopic (exact) mass is 138 g/mol. The second-order valence-corrected chi connectivity index (χ2v) is 4.11. The molecular formula is C9H14O. The number of hydrogen-bond donors (Lipinski definition) is 0. The molecule has 4 unspecified atom stereocenters. The lowest BCUT2D eigenvalue weighted by Crippen LogP contribution is -2.40. The maximum Gasteiger partial charge on any atom is 0.0609 e. The Morgan fingerprint density at radius 1 is 1.00 bits per heavy atom. The maximum atomic E-state index is 5.88. The van der Waals surface area contributed by atoms with Gasteiger partial charge in [0.1, 0.15) is 0 Å². The number of rotatable bonds is 0. The summed E-state index contributed by atoms with van der Waals surface area (Å²) in [5, 5.41) is 0. The standard InChI is InChI=1S/C9H14O/c1-4-9-8-3-2-7(10-9)5-6(1)8/h6-9H,1-5H2. The van der Waals surface area contributed by atoms with Gasteiger partial charge < -0.3 is 4.74 Å². The van der Waals surface area contributed by atoms with Gasteiger partial charge in [0.2, 0.25) is 0 Å². The van der Waals surface area contributed by atoms with Crippen LogP contribution in [0, 0.1) is 11.8 Å². The van der Waals surface area contributed by atoms with E-state index in [0.717, 1.165) is 11.8 Å². The molecule has 2 saturated carbocycles. The average Bonchev–Trinajstić information content (AvgIpc) is 2.29. The smallest absolute Gasteiger partial charge is 0.0609 e. The molecule has 4 rings (SSSR count). The first-order valence-electron chi connectivity index (χ1n) is 4.59. The summed E-state index contributed by atoms with van der Waals surface area (Å²) in [6.07, 6.45) is 8.41. The Morgan fingerprint density at radius 2 is 2.00 bits per heavy atom. The van der Waals surface area contributed by atoms with Gasteiger partial charge in [-0.05, 0) is 43.9 Å². The van der Waals surface area contributed by atoms with E-state index in [0.29, 0.717) is 12.2 Å². The van der Waals surface area contributed by atoms with Crippen LogP contribution in [-0.4, -0.2) is 12.2 Å². The lowest BCUT2D eigenvalue weighted by molar-refractivity contribution is -0.120. The average molecular weight is 138 g/mol. The molecule has 0 radical (unpaired) electrons. The highest BCUT2D eigenvalue weighted by atomic mass is 16.5. The van der Waals surface area contributed by atoms with Crippen LogP contribution in [0.3, 0.4) is 0 Å². The van der Waals surface area contributed by atoms with Gasteiger partial charge in [-0.25, -0.2) is 0 Å². The van der Waals surface area contributed by atoms with Gasteiger partial charge >= 0.3 is 0 Å². The van der Waals surface area contributed by atoms with Crippen LogP contribution >= 0.6 is 0 Å². The molecule has 1 heteroatoms. The molecule has 2 saturated heterocycles. The van der Waals surface area contributed by atoms with E-state index in [2.05, 4.69) is 0 Å². The van der Waals surface area contributed by atoms with E-state index in [9.17, 15) is 0 Å². The third kappa shape index (κ3) is 0.572. The molecule has 1 nitrogen and oxygen atoms in total. The van der Waals surface area contributed by atoms with Crippen molar-refractivity contribution >= 4 is 0 Å². The van der Waals surface area contributed by atoms with Gasteiger partial charge in [0.05, 0.1) is 12.2 Å². The molecule has 2 aliphatic heterocycles. The Bertz CT molecular complexity index is 141. The second-order valence-electron chi connectivity index (χ2n) is 4.11. The van der Waals surface area contributed by atoms with Crippen LogP contribution in [0.1, 0.15) is 32.1 Å². The van der Waals surface area contributed by atoms with E-state index in [4.69, 9.17) is 4.74 Å². The summed E-state index contributed by atoms with van der Waals surface area (Å²) in [4.78, 5) is 0. The molecule has 0 aromatic rings. The number of ether oxygens (including phenoxy) is 1. The van der Waals surface area contributed by atoms with Gasteiger partial charge in [-0.3, -0.25) is 0 Å². The molecule has 0 aromatic carbocycles. The number of hydrogen-bond acceptors (Lipinski definition) is 1. The molecule has 56 valence electrons. The zero-order valence-electron chi connectivity index (χ0n) is 6.25. The van der Waals surface area contributed by atoms with E-state index in [1.165, 1.54) is 32.1 Å². The molecule has 10 heavy (non-hydrogen) atoms. The van der Waals surface area contributed by atoms with Crippen molar-refractivity contribution in [2.45, 2.75) is 44.3 Å². The molecule has 2 heterocycles. The van der Waals surface area contributed by atoms with Crippen molar-refractivity contribution in [3.63, 3.8) is 0 Å². The topological polar surface area (TPSA) is 9.23 Å². The Morgan fingerprint density at radius 3 is 2.70 bits per heavy atom. The van der Waals surface area contributed by atoms with Gasteiger partial charge in [0.25, 0.3) is 0 Å². The summed E-state index contributed by atoms with van der Waals surface area (Å²) in [5.41, 5.74) is 0. The molecule has 0 amide bonds. The SMILES string of the molecule is C1CC2C3CCC2OC1C3. The van der Waals surface area contributed by atoms with Gasteiger partial charge in [-0.1, -0.05) is 0 Å². The van der Waals surface area contributed by atoms with Gasteiger partial charge in [-0.2, -0.15) is 0 Å². The molecule has 4 aliphatic rings. The van der Waals surface area contributed by atoms with Crippen molar-refractivity contribution in [1.29, 1.82) is 0 Å². The summed E-state index contributed by atoms with van der Waals surface area (Å²) in [6.45, 7) is 0. The van der Waals surface area contributed by atoms with Crippen LogP contribution in [0.2, 0.25) is 0 Å². The first kappa shape index (κ1) is 5.59. The highest BCUT2D eigenvalue weighted by Gasteiger charge is 2.46. The third-order valence-electron chi connectivity index (χ3n) is 3.66. The van der Waals surface area contributed by atoms with E-state index in [1.807, 2.05) is 0 Å². The fraction of sp³-hybridized carbons (Fsp3) is 1.00. The van der Waals surface area contributed by atoms with E-state index >= 15 is 0 Å². The van der Waals surface area contributed by atoms with Crippen LogP contribution in [0.4, 0.5) is 0 Å². The van der Waals surface area contributed by atoms with Crippen LogP contribution in [0.25, 0.3) is 0 Å². The summed E-state index contributed by atoms with van der Waals surface area (Å²) >= 11 is 0. The van der Waals surface area contributed by atoms with E-state index < -0.39 is 0 Å². The molecule has 4 bridgehead atoms. The minimum Gasteiger partial charge on any atom is -0.375 e. The molecule has 4 fully saturated rings. The zero-order valence-corrected chi connectivity index (χ0v) is 6.25. The Labute approximate surface area is 61.8 Å². The van der Waals surface area contributed by atoms with Crippen LogP contribution < -0.4 is 0 Å². The lowest BCUT2D eigenvalue weighted by atomic mass is 9.77. The van der Waals surface area contributed by atoms with Crippen molar-refractivity contribution < 1.29 is 4.74 Å². The van der Waals surface area contributed by atoms with Crippen LogP contribution in [0.5, 0.6) is 0 Å². The van der Waals surface area contributed by atoms with E-state index in [1.54, 1.807) is 0 Å². The largest absolute Gasteiger partial charge is 0.375 e. The minimum absolute atomic E-state index is 0.669. The molecule has 0 N–H and O–H groups in total. The Kier molecular flexibility index (Phi) is 0.984. The fourth-order valence-corrected chi connectivity index (χ4v) is 3.20. The van der Waals surface area contributed by atoms with E-state index in [-0.39, 0.29) is 0 Å². The zero-order chi connectivity index (χ0) is 6.55. The maximum absolute atomic E-state index is 5.88. The van der Waals surface area contributed by atoms with Crippen molar-refractivity contribution in [2.24, 2.45) is 11.8 Å². The van der Waals surface area contributed by atoms with Gasteiger partial charge in [0.15, 0.2) is 0 Å². The molecular weight excluding hydrogens is 124 g/mol. The van der Waals surface area contributed by atoms with Gasteiger partial charge in [0, 0.05) is 0 Å². The second kappa shape index (κ2) is 1.76. The predicted molar refractivity (Wildman–Crippen MR) is 38.7 cm³/mol. The third-order valence-corrected chi connectivity index (χ3v) is 3.66. The molecule has 2 aliphatic carbocycles. The normalized spacial score (nSPS) is 57.6. The van der Waals surface area contributed by atoms with Crippen molar-refractivity contribution in [3.8, 4) is 0 Å². The highest BCUT2D eigenvalue weighted by molar-refractivity contribution is 4.96. The highest BCUT2D eigenvalue weighted by Crippen LogP contribution is 2.49. The lowest BCUT2D eigenvalue weighted by Gasteiger charge is -2.41. The Balaban J connectivity index is 1.94. The predicted octanol–water partition coefficient (Wildman–Crippen LogP) is 1.96. The first-order chi connectivity index (χ1) is 4.93.